The molecule has 128 valence electrons. The SMILES string of the molecule is COc1cc(C=C2Sc3ccccc3C2=O)ccc1OC(=O)N(C)C. The summed E-state index contributed by atoms with van der Waals surface area (Å²) in [5.74, 6) is 0.775. The number of carbonyl (C=O) groups is 2. The third-order valence-corrected chi connectivity index (χ3v) is 4.72. The van der Waals surface area contributed by atoms with E-state index in [9.17, 15) is 9.59 Å². The van der Waals surface area contributed by atoms with Crippen molar-refractivity contribution in [1.82, 2.24) is 4.90 Å². The molecule has 0 unspecified atom stereocenters. The van der Waals surface area contributed by atoms with Crippen LogP contribution in [0.3, 0.4) is 0 Å². The van der Waals surface area contributed by atoms with E-state index in [4.69, 9.17) is 9.47 Å². The van der Waals surface area contributed by atoms with Crippen LogP contribution >= 0.6 is 11.8 Å². The van der Waals surface area contributed by atoms with Gasteiger partial charge in [0.2, 0.25) is 5.78 Å². The number of methoxy groups -OCH3 is 1. The molecule has 0 N–H and O–H groups in total. The van der Waals surface area contributed by atoms with Crippen LogP contribution in [0.25, 0.3) is 6.08 Å². The lowest BCUT2D eigenvalue weighted by Gasteiger charge is -2.13. The molecule has 0 fully saturated rings. The van der Waals surface area contributed by atoms with Crippen molar-refractivity contribution in [3.05, 3.63) is 58.5 Å². The second kappa shape index (κ2) is 7.03. The zero-order chi connectivity index (χ0) is 18.0. The number of thioether (sulfide) groups is 1. The summed E-state index contributed by atoms with van der Waals surface area (Å²) in [6, 6.07) is 12.7. The van der Waals surface area contributed by atoms with Crippen LogP contribution < -0.4 is 9.47 Å². The molecule has 0 saturated carbocycles. The minimum atomic E-state index is -0.485. The fraction of sp³-hybridized carbons (Fsp3) is 0.158. The number of ketones is 1. The van der Waals surface area contributed by atoms with Gasteiger partial charge in [-0.25, -0.2) is 4.79 Å². The number of amides is 1. The number of hydrogen-bond acceptors (Lipinski definition) is 5. The Kier molecular flexibility index (Phi) is 4.81. The Balaban J connectivity index is 1.87. The molecule has 1 heterocycles. The summed E-state index contributed by atoms with van der Waals surface area (Å²) in [5.41, 5.74) is 1.52. The number of carbonyl (C=O) groups excluding carboxylic acids is 2. The predicted octanol–water partition coefficient (Wildman–Crippen LogP) is 4.09. The fourth-order valence-corrected chi connectivity index (χ4v) is 3.38. The molecule has 0 aromatic heterocycles. The Hall–Kier alpha value is -2.73. The van der Waals surface area contributed by atoms with Gasteiger partial charge in [0.1, 0.15) is 0 Å². The summed E-state index contributed by atoms with van der Waals surface area (Å²) < 4.78 is 10.6. The molecular formula is C19H17NO4S. The number of hydrogen-bond donors (Lipinski definition) is 0. The van der Waals surface area contributed by atoms with E-state index in [-0.39, 0.29) is 5.78 Å². The van der Waals surface area contributed by atoms with Gasteiger partial charge in [-0.3, -0.25) is 4.79 Å². The Labute approximate surface area is 150 Å². The summed E-state index contributed by atoms with van der Waals surface area (Å²) in [7, 11) is 4.72. The van der Waals surface area contributed by atoms with Crippen LogP contribution in [0.5, 0.6) is 11.5 Å². The monoisotopic (exact) mass is 355 g/mol. The minimum absolute atomic E-state index is 0.0164. The van der Waals surface area contributed by atoms with E-state index in [1.807, 2.05) is 30.3 Å². The molecule has 5 nitrogen and oxygen atoms in total. The molecule has 3 rings (SSSR count). The molecule has 2 aromatic rings. The molecule has 2 aromatic carbocycles. The van der Waals surface area contributed by atoms with Crippen LogP contribution in [-0.2, 0) is 0 Å². The smallest absolute Gasteiger partial charge is 0.414 e. The van der Waals surface area contributed by atoms with Crippen molar-refractivity contribution in [2.75, 3.05) is 21.2 Å². The normalized spacial score (nSPS) is 14.4. The second-order valence-corrected chi connectivity index (χ2v) is 6.69. The molecule has 0 saturated heterocycles. The van der Waals surface area contributed by atoms with Gasteiger partial charge in [0.15, 0.2) is 11.5 Å². The Morgan fingerprint density at radius 1 is 1.12 bits per heavy atom. The molecule has 0 radical (unpaired) electrons. The van der Waals surface area contributed by atoms with Gasteiger partial charge in [-0.15, -0.1) is 0 Å². The highest BCUT2D eigenvalue weighted by Gasteiger charge is 2.25. The van der Waals surface area contributed by atoms with Crippen LogP contribution in [0, 0.1) is 0 Å². The molecule has 1 aliphatic rings. The van der Waals surface area contributed by atoms with Crippen molar-refractivity contribution < 1.29 is 19.1 Å². The largest absolute Gasteiger partial charge is 0.493 e. The molecule has 6 heteroatoms. The number of fused-ring (bicyclic) bond motifs is 1. The summed E-state index contributed by atoms with van der Waals surface area (Å²) in [6.45, 7) is 0. The highest BCUT2D eigenvalue weighted by atomic mass is 32.2. The zero-order valence-corrected chi connectivity index (χ0v) is 14.9. The summed E-state index contributed by atoms with van der Waals surface area (Å²) in [6.07, 6.45) is 1.33. The van der Waals surface area contributed by atoms with Crippen LogP contribution in [0.4, 0.5) is 4.79 Å². The second-order valence-electron chi connectivity index (χ2n) is 5.61. The quantitative estimate of drug-likeness (QED) is 0.777. The number of nitrogens with zero attached hydrogens (tertiary/aromatic N) is 1. The van der Waals surface area contributed by atoms with Crippen molar-refractivity contribution in [2.45, 2.75) is 4.90 Å². The average Bonchev–Trinajstić information content (AvgIpc) is 2.92. The Morgan fingerprint density at radius 2 is 1.88 bits per heavy atom. The van der Waals surface area contributed by atoms with E-state index >= 15 is 0 Å². The third kappa shape index (κ3) is 3.53. The van der Waals surface area contributed by atoms with Crippen LogP contribution in [0.15, 0.2) is 52.3 Å². The molecular weight excluding hydrogens is 338 g/mol. The maximum atomic E-state index is 12.4. The maximum absolute atomic E-state index is 12.4. The first-order valence-corrected chi connectivity index (χ1v) is 8.41. The number of allylic oxidation sites excluding steroid dienone is 1. The van der Waals surface area contributed by atoms with Gasteiger partial charge in [-0.05, 0) is 35.9 Å². The van der Waals surface area contributed by atoms with E-state index in [1.54, 1.807) is 32.3 Å². The highest BCUT2D eigenvalue weighted by molar-refractivity contribution is 8.04. The van der Waals surface area contributed by atoms with Crippen molar-refractivity contribution in [1.29, 1.82) is 0 Å². The van der Waals surface area contributed by atoms with Gasteiger partial charge in [0, 0.05) is 24.6 Å². The summed E-state index contributed by atoms with van der Waals surface area (Å²) >= 11 is 1.45. The lowest BCUT2D eigenvalue weighted by atomic mass is 10.1. The van der Waals surface area contributed by atoms with Gasteiger partial charge in [0.25, 0.3) is 0 Å². The van der Waals surface area contributed by atoms with Gasteiger partial charge < -0.3 is 14.4 Å². The lowest BCUT2D eigenvalue weighted by molar-refractivity contribution is 0.104. The van der Waals surface area contributed by atoms with Crippen molar-refractivity contribution in [3.8, 4) is 11.5 Å². The third-order valence-electron chi connectivity index (χ3n) is 3.62. The number of benzene rings is 2. The molecule has 0 spiro atoms. The molecule has 25 heavy (non-hydrogen) atoms. The van der Waals surface area contributed by atoms with E-state index in [0.717, 1.165) is 16.0 Å². The molecule has 1 amide bonds. The minimum Gasteiger partial charge on any atom is -0.493 e. The molecule has 1 aliphatic heterocycles. The van der Waals surface area contributed by atoms with Crippen LogP contribution in [0.1, 0.15) is 15.9 Å². The topological polar surface area (TPSA) is 55.8 Å². The number of Topliss-reactive ketones (excluding diaryl/α,β-unsaturated/α-hetero) is 1. The first-order valence-electron chi connectivity index (χ1n) is 7.60. The van der Waals surface area contributed by atoms with Crippen LogP contribution in [-0.4, -0.2) is 38.0 Å². The Morgan fingerprint density at radius 3 is 2.56 bits per heavy atom. The molecule has 0 bridgehead atoms. The van der Waals surface area contributed by atoms with E-state index in [1.165, 1.54) is 23.8 Å². The molecule has 0 atom stereocenters. The van der Waals surface area contributed by atoms with E-state index in [2.05, 4.69) is 0 Å². The van der Waals surface area contributed by atoms with Gasteiger partial charge in [-0.1, -0.05) is 30.0 Å². The first kappa shape index (κ1) is 17.1. The van der Waals surface area contributed by atoms with Crippen molar-refractivity contribution in [2.24, 2.45) is 0 Å². The molecule has 0 aliphatic carbocycles. The summed E-state index contributed by atoms with van der Waals surface area (Å²) in [4.78, 5) is 27.1. The fourth-order valence-electron chi connectivity index (χ4n) is 2.33. The number of ether oxygens (including phenoxy) is 2. The predicted molar refractivity (Wildman–Crippen MR) is 97.3 cm³/mol. The van der Waals surface area contributed by atoms with Crippen molar-refractivity contribution >= 4 is 29.7 Å². The standard InChI is InChI=1S/C19H17NO4S/c1-20(2)19(22)24-14-9-8-12(10-15(14)23-3)11-17-18(21)13-6-4-5-7-16(13)25-17/h4-11H,1-3H3. The highest BCUT2D eigenvalue weighted by Crippen LogP contribution is 2.41. The van der Waals surface area contributed by atoms with E-state index < -0.39 is 6.09 Å². The van der Waals surface area contributed by atoms with Gasteiger partial charge >= 0.3 is 6.09 Å². The maximum Gasteiger partial charge on any atom is 0.414 e. The Bertz CT molecular complexity index is 873. The average molecular weight is 355 g/mol. The van der Waals surface area contributed by atoms with Gasteiger partial charge in [-0.2, -0.15) is 0 Å². The van der Waals surface area contributed by atoms with E-state index in [0.29, 0.717) is 16.4 Å². The van der Waals surface area contributed by atoms with Crippen molar-refractivity contribution in [3.63, 3.8) is 0 Å². The zero-order valence-electron chi connectivity index (χ0n) is 14.1. The number of rotatable bonds is 3. The van der Waals surface area contributed by atoms with Crippen LogP contribution in [0.2, 0.25) is 0 Å². The van der Waals surface area contributed by atoms with Gasteiger partial charge in [0.05, 0.1) is 12.0 Å². The lowest BCUT2D eigenvalue weighted by Crippen LogP contribution is -2.25. The summed E-state index contributed by atoms with van der Waals surface area (Å²) in [5, 5.41) is 0. The first-order chi connectivity index (χ1) is 12.0.